The molecule has 1 fully saturated rings. The summed E-state index contributed by atoms with van der Waals surface area (Å²) in [5, 5.41) is 10.4. The zero-order chi connectivity index (χ0) is 21.6. The molecular formula is C24H28BrN3O2. The maximum Gasteiger partial charge on any atom is 0.303 e. The average molecular weight is 470 g/mol. The predicted octanol–water partition coefficient (Wildman–Crippen LogP) is 5.71. The van der Waals surface area contributed by atoms with Crippen LogP contribution in [0.1, 0.15) is 41.6 Å². The van der Waals surface area contributed by atoms with E-state index in [-0.39, 0.29) is 12.3 Å². The molecule has 0 saturated carbocycles. The van der Waals surface area contributed by atoms with Gasteiger partial charge in [0.1, 0.15) is 5.65 Å². The molecule has 0 aliphatic carbocycles. The SMILES string of the molecule is Cc1cc(N2CCCC(CC(=O)O)C2)c2c(C)cn(-c3c(C)cc(Br)cc3C)c2n1. The summed E-state index contributed by atoms with van der Waals surface area (Å²) >= 11 is 3.60. The molecule has 0 bridgehead atoms. The summed E-state index contributed by atoms with van der Waals surface area (Å²) in [5.74, 6) is -0.514. The second-order valence-corrected chi connectivity index (χ2v) is 9.52. The smallest absolute Gasteiger partial charge is 0.303 e. The van der Waals surface area contributed by atoms with Gasteiger partial charge in [0.2, 0.25) is 0 Å². The Morgan fingerprint density at radius 1 is 1.17 bits per heavy atom. The fourth-order valence-corrected chi connectivity index (χ4v) is 5.60. The molecule has 1 saturated heterocycles. The van der Waals surface area contributed by atoms with Gasteiger partial charge in [-0.15, -0.1) is 0 Å². The maximum atomic E-state index is 11.2. The van der Waals surface area contributed by atoms with Gasteiger partial charge in [-0.3, -0.25) is 4.79 Å². The number of carboxylic acids is 1. The monoisotopic (exact) mass is 469 g/mol. The Hall–Kier alpha value is -2.34. The van der Waals surface area contributed by atoms with Crippen molar-refractivity contribution in [1.29, 1.82) is 0 Å². The highest BCUT2D eigenvalue weighted by atomic mass is 79.9. The Kier molecular flexibility index (Phi) is 5.62. The fourth-order valence-electron chi connectivity index (χ4n) is 4.91. The van der Waals surface area contributed by atoms with Gasteiger partial charge < -0.3 is 14.6 Å². The highest BCUT2D eigenvalue weighted by Gasteiger charge is 2.25. The van der Waals surface area contributed by atoms with Crippen LogP contribution in [0.25, 0.3) is 16.7 Å². The topological polar surface area (TPSA) is 58.4 Å². The number of aromatic nitrogens is 2. The second kappa shape index (κ2) is 8.06. The minimum atomic E-state index is -0.707. The first-order valence-electron chi connectivity index (χ1n) is 10.5. The molecular weight excluding hydrogens is 442 g/mol. The van der Waals surface area contributed by atoms with Crippen LogP contribution in [-0.4, -0.2) is 33.7 Å². The van der Waals surface area contributed by atoms with Crippen molar-refractivity contribution in [2.75, 3.05) is 18.0 Å². The predicted molar refractivity (Wildman–Crippen MR) is 125 cm³/mol. The summed E-state index contributed by atoms with van der Waals surface area (Å²) in [5.41, 5.74) is 7.88. The summed E-state index contributed by atoms with van der Waals surface area (Å²) in [4.78, 5) is 18.5. The number of carboxylic acid groups (broad SMARTS) is 1. The Bertz CT molecular complexity index is 1110. The molecule has 1 N–H and O–H groups in total. The molecule has 0 amide bonds. The summed E-state index contributed by atoms with van der Waals surface area (Å²) in [6.45, 7) is 10.2. The van der Waals surface area contributed by atoms with Gasteiger partial charge >= 0.3 is 5.97 Å². The first-order valence-corrected chi connectivity index (χ1v) is 11.3. The number of hydrogen-bond acceptors (Lipinski definition) is 3. The number of benzene rings is 1. The van der Waals surface area contributed by atoms with Gasteiger partial charge in [0, 0.05) is 46.9 Å². The van der Waals surface area contributed by atoms with Crippen molar-refractivity contribution in [3.63, 3.8) is 0 Å². The van der Waals surface area contributed by atoms with Crippen molar-refractivity contribution >= 4 is 38.6 Å². The number of halogens is 1. The molecule has 1 atom stereocenters. The molecule has 0 spiro atoms. The average Bonchev–Trinajstić information content (AvgIpc) is 2.96. The van der Waals surface area contributed by atoms with Crippen LogP contribution in [-0.2, 0) is 4.79 Å². The lowest BCUT2D eigenvalue weighted by atomic mass is 9.94. The molecule has 158 valence electrons. The van der Waals surface area contributed by atoms with E-state index in [0.717, 1.165) is 41.7 Å². The Morgan fingerprint density at radius 2 is 1.87 bits per heavy atom. The number of fused-ring (bicyclic) bond motifs is 1. The van der Waals surface area contributed by atoms with E-state index in [4.69, 9.17) is 4.98 Å². The number of aliphatic carboxylic acids is 1. The molecule has 1 aliphatic rings. The third kappa shape index (κ3) is 3.85. The van der Waals surface area contributed by atoms with E-state index in [1.165, 1.54) is 33.5 Å². The highest BCUT2D eigenvalue weighted by molar-refractivity contribution is 9.10. The van der Waals surface area contributed by atoms with E-state index in [9.17, 15) is 9.90 Å². The largest absolute Gasteiger partial charge is 0.481 e. The molecule has 30 heavy (non-hydrogen) atoms. The summed E-state index contributed by atoms with van der Waals surface area (Å²) in [6, 6.07) is 6.44. The van der Waals surface area contributed by atoms with Crippen molar-refractivity contribution < 1.29 is 9.90 Å². The third-order valence-electron chi connectivity index (χ3n) is 6.07. The Balaban J connectivity index is 1.86. The van der Waals surface area contributed by atoms with Crippen LogP contribution in [0, 0.1) is 33.6 Å². The van der Waals surface area contributed by atoms with Gasteiger partial charge in [-0.2, -0.15) is 0 Å². The normalized spacial score (nSPS) is 17.0. The first kappa shape index (κ1) is 20.9. The van der Waals surface area contributed by atoms with Crippen LogP contribution in [0.4, 0.5) is 5.69 Å². The van der Waals surface area contributed by atoms with E-state index in [0.29, 0.717) is 0 Å². The van der Waals surface area contributed by atoms with Crippen LogP contribution in [0.5, 0.6) is 0 Å². The van der Waals surface area contributed by atoms with Crippen molar-refractivity contribution in [3.8, 4) is 5.69 Å². The minimum Gasteiger partial charge on any atom is -0.481 e. The molecule has 4 rings (SSSR count). The summed E-state index contributed by atoms with van der Waals surface area (Å²) in [7, 11) is 0. The molecule has 1 aliphatic heterocycles. The van der Waals surface area contributed by atoms with Gasteiger partial charge in [-0.1, -0.05) is 15.9 Å². The van der Waals surface area contributed by atoms with Crippen LogP contribution in [0.3, 0.4) is 0 Å². The molecule has 3 heterocycles. The van der Waals surface area contributed by atoms with Gasteiger partial charge in [0.05, 0.1) is 5.69 Å². The van der Waals surface area contributed by atoms with Crippen LogP contribution in [0.2, 0.25) is 0 Å². The number of hydrogen-bond donors (Lipinski definition) is 1. The number of anilines is 1. The van der Waals surface area contributed by atoms with Crippen LogP contribution in [0.15, 0.2) is 28.9 Å². The molecule has 1 unspecified atom stereocenters. The Morgan fingerprint density at radius 3 is 2.53 bits per heavy atom. The molecule has 3 aromatic rings. The quantitative estimate of drug-likeness (QED) is 0.531. The van der Waals surface area contributed by atoms with E-state index in [1.807, 2.05) is 6.92 Å². The van der Waals surface area contributed by atoms with Crippen molar-refractivity contribution in [1.82, 2.24) is 9.55 Å². The number of pyridine rings is 1. The maximum absolute atomic E-state index is 11.2. The lowest BCUT2D eigenvalue weighted by Gasteiger charge is -2.34. The minimum absolute atomic E-state index is 0.193. The number of piperidine rings is 1. The van der Waals surface area contributed by atoms with Gasteiger partial charge in [0.25, 0.3) is 0 Å². The number of rotatable bonds is 4. The zero-order valence-corrected chi connectivity index (χ0v) is 19.6. The molecule has 6 heteroatoms. The number of aryl methyl sites for hydroxylation is 4. The fraction of sp³-hybridized carbons (Fsp3) is 0.417. The highest BCUT2D eigenvalue weighted by Crippen LogP contribution is 2.36. The van der Waals surface area contributed by atoms with E-state index >= 15 is 0 Å². The zero-order valence-electron chi connectivity index (χ0n) is 18.0. The summed E-state index contributed by atoms with van der Waals surface area (Å²) in [6.07, 6.45) is 4.42. The van der Waals surface area contributed by atoms with Gasteiger partial charge in [-0.05, 0) is 81.3 Å². The third-order valence-corrected chi connectivity index (χ3v) is 6.53. The summed E-state index contributed by atoms with van der Waals surface area (Å²) < 4.78 is 3.30. The lowest BCUT2D eigenvalue weighted by Crippen LogP contribution is -2.36. The van der Waals surface area contributed by atoms with Crippen molar-refractivity contribution in [3.05, 3.63) is 51.3 Å². The first-order chi connectivity index (χ1) is 14.2. The van der Waals surface area contributed by atoms with E-state index in [1.54, 1.807) is 0 Å². The van der Waals surface area contributed by atoms with Crippen molar-refractivity contribution in [2.24, 2.45) is 5.92 Å². The van der Waals surface area contributed by atoms with Crippen LogP contribution >= 0.6 is 15.9 Å². The van der Waals surface area contributed by atoms with Gasteiger partial charge in [-0.25, -0.2) is 4.98 Å². The molecule has 5 nitrogen and oxygen atoms in total. The Labute approximate surface area is 185 Å². The van der Waals surface area contributed by atoms with Crippen molar-refractivity contribution in [2.45, 2.75) is 47.0 Å². The lowest BCUT2D eigenvalue weighted by molar-refractivity contribution is -0.138. The number of nitrogens with zero attached hydrogens (tertiary/aromatic N) is 3. The van der Waals surface area contributed by atoms with Gasteiger partial charge in [0.15, 0.2) is 0 Å². The van der Waals surface area contributed by atoms with E-state index in [2.05, 4.69) is 70.6 Å². The van der Waals surface area contributed by atoms with Crippen LogP contribution < -0.4 is 4.90 Å². The number of carbonyl (C=O) groups is 1. The second-order valence-electron chi connectivity index (χ2n) is 8.60. The standard InChI is InChI=1S/C24H28BrN3O2/c1-14-8-19(25)9-15(2)23(14)28-12-16(3)22-20(10-17(4)26-24(22)28)27-7-5-6-18(13-27)11-21(29)30/h8-10,12,18H,5-7,11,13H2,1-4H3,(H,29,30). The molecule has 0 radical (unpaired) electrons. The molecule has 1 aromatic carbocycles. The molecule has 2 aromatic heterocycles. The van der Waals surface area contributed by atoms with E-state index < -0.39 is 5.97 Å².